The summed E-state index contributed by atoms with van der Waals surface area (Å²) in [4.78, 5) is 0. The van der Waals surface area contributed by atoms with Gasteiger partial charge < -0.3 is 0 Å². The van der Waals surface area contributed by atoms with Crippen molar-refractivity contribution in [1.29, 1.82) is 0 Å². The van der Waals surface area contributed by atoms with E-state index in [9.17, 15) is 8.78 Å². The lowest BCUT2D eigenvalue weighted by molar-refractivity contribution is 0.0174. The van der Waals surface area contributed by atoms with Crippen molar-refractivity contribution in [3.8, 4) is 0 Å². The number of aryl methyl sites for hydroxylation is 1. The van der Waals surface area contributed by atoms with Crippen LogP contribution in [0.4, 0.5) is 8.78 Å². The van der Waals surface area contributed by atoms with Crippen LogP contribution in [0.1, 0.15) is 18.1 Å². The molecule has 13 heavy (non-hydrogen) atoms. The zero-order valence-electron chi connectivity index (χ0n) is 7.36. The van der Waals surface area contributed by atoms with Crippen LogP contribution in [0.15, 0.2) is 24.3 Å². The number of rotatable bonds is 3. The van der Waals surface area contributed by atoms with E-state index in [-0.39, 0.29) is 5.56 Å². The minimum Gasteiger partial charge on any atom is -0.202 e. The van der Waals surface area contributed by atoms with Crippen LogP contribution in [0.25, 0.3) is 0 Å². The van der Waals surface area contributed by atoms with Gasteiger partial charge >= 0.3 is 0 Å². The van der Waals surface area contributed by atoms with Gasteiger partial charge in [-0.3, -0.25) is 0 Å². The van der Waals surface area contributed by atoms with Gasteiger partial charge in [-0.1, -0.05) is 40.2 Å². The Labute approximate surface area is 85.1 Å². The summed E-state index contributed by atoms with van der Waals surface area (Å²) in [5, 5.41) is 0.856. The number of hydrogen-bond acceptors (Lipinski definition) is 0. The summed E-state index contributed by atoms with van der Waals surface area (Å²) >= 11 is 3.30. The van der Waals surface area contributed by atoms with Gasteiger partial charge in [-0.2, -0.15) is 0 Å². The maximum atomic E-state index is 12.8. The van der Waals surface area contributed by atoms with Gasteiger partial charge in [-0.05, 0) is 12.0 Å². The van der Waals surface area contributed by atoms with Crippen molar-refractivity contribution in [1.82, 2.24) is 0 Å². The Balaban J connectivity index is 2.81. The molecule has 1 rings (SSSR count). The number of benzene rings is 1. The Morgan fingerprint density at radius 3 is 2.15 bits per heavy atom. The number of halogens is 3. The molecule has 0 unspecified atom stereocenters. The summed E-state index contributed by atoms with van der Waals surface area (Å²) in [6, 6.07) is 6.46. The van der Waals surface area contributed by atoms with Gasteiger partial charge in [0.05, 0.1) is 0 Å². The molecular formula is C10H11BrF2. The third-order valence-corrected chi connectivity index (χ3v) is 2.24. The Morgan fingerprint density at radius 1 is 1.23 bits per heavy atom. The van der Waals surface area contributed by atoms with E-state index in [0.717, 1.165) is 24.2 Å². The second-order valence-corrected chi connectivity index (χ2v) is 3.82. The zero-order chi connectivity index (χ0) is 9.90. The molecule has 1 aromatic carbocycles. The Hall–Kier alpha value is -0.440. The van der Waals surface area contributed by atoms with Crippen LogP contribution in [0.3, 0.4) is 0 Å². The second-order valence-electron chi connectivity index (χ2n) is 3.02. The minimum atomic E-state index is -2.73. The van der Waals surface area contributed by atoms with Crippen LogP contribution < -0.4 is 0 Å². The van der Waals surface area contributed by atoms with Gasteiger partial charge in [0.15, 0.2) is 0 Å². The first-order valence-corrected chi connectivity index (χ1v) is 5.19. The first kappa shape index (κ1) is 10.6. The Bertz CT molecular complexity index is 261. The van der Waals surface area contributed by atoms with E-state index in [0.29, 0.717) is 0 Å². The molecule has 0 saturated heterocycles. The van der Waals surface area contributed by atoms with Crippen molar-refractivity contribution in [2.24, 2.45) is 0 Å². The van der Waals surface area contributed by atoms with E-state index in [1.807, 2.05) is 0 Å². The molecule has 0 radical (unpaired) electrons. The third kappa shape index (κ3) is 3.07. The predicted molar refractivity (Wildman–Crippen MR) is 53.5 cm³/mol. The molecule has 0 amide bonds. The summed E-state index contributed by atoms with van der Waals surface area (Å²) in [5.74, 6) is -2.73. The van der Waals surface area contributed by atoms with E-state index in [1.54, 1.807) is 12.1 Å². The lowest BCUT2D eigenvalue weighted by Crippen LogP contribution is -2.06. The maximum absolute atomic E-state index is 12.8. The molecule has 0 atom stereocenters. The fourth-order valence-electron chi connectivity index (χ4n) is 1.07. The van der Waals surface area contributed by atoms with E-state index in [1.165, 1.54) is 12.1 Å². The van der Waals surface area contributed by atoms with Gasteiger partial charge in [0.25, 0.3) is 5.92 Å². The molecule has 0 fully saturated rings. The highest BCUT2D eigenvalue weighted by Gasteiger charge is 2.23. The van der Waals surface area contributed by atoms with E-state index in [4.69, 9.17) is 0 Å². The van der Waals surface area contributed by atoms with E-state index >= 15 is 0 Å². The highest BCUT2D eigenvalue weighted by Crippen LogP contribution is 2.26. The highest BCUT2D eigenvalue weighted by molar-refractivity contribution is 9.09. The van der Waals surface area contributed by atoms with Gasteiger partial charge in [-0.25, -0.2) is 8.78 Å². The van der Waals surface area contributed by atoms with Crippen LogP contribution in [0, 0.1) is 0 Å². The van der Waals surface area contributed by atoms with Crippen LogP contribution in [0.2, 0.25) is 0 Å². The molecule has 0 bridgehead atoms. The van der Waals surface area contributed by atoms with Gasteiger partial charge in [-0.15, -0.1) is 0 Å². The number of alkyl halides is 3. The molecule has 0 aliphatic carbocycles. The lowest BCUT2D eigenvalue weighted by Gasteiger charge is -2.10. The quantitative estimate of drug-likeness (QED) is 0.716. The first-order chi connectivity index (χ1) is 6.04. The smallest absolute Gasteiger partial charge is 0.202 e. The predicted octanol–water partition coefficient (Wildman–Crippen LogP) is 3.74. The molecule has 0 aliphatic heterocycles. The summed E-state index contributed by atoms with van der Waals surface area (Å²) in [6.45, 7) is 0.909. The molecule has 0 aliphatic rings. The summed E-state index contributed by atoms with van der Waals surface area (Å²) in [7, 11) is 0. The van der Waals surface area contributed by atoms with E-state index in [2.05, 4.69) is 15.9 Å². The van der Waals surface area contributed by atoms with E-state index < -0.39 is 5.92 Å². The monoisotopic (exact) mass is 248 g/mol. The molecular weight excluding hydrogens is 238 g/mol. The molecule has 0 N–H and O–H groups in total. The molecule has 3 heteroatoms. The van der Waals surface area contributed by atoms with Crippen LogP contribution in [-0.2, 0) is 12.3 Å². The van der Waals surface area contributed by atoms with Crippen molar-refractivity contribution in [2.75, 3.05) is 5.33 Å². The maximum Gasteiger partial charge on any atom is 0.270 e. The van der Waals surface area contributed by atoms with Crippen LogP contribution >= 0.6 is 15.9 Å². The normalized spacial score (nSPS) is 11.7. The standard InChI is InChI=1S/C10H11BrF2/c1-10(12,13)9-4-2-8(3-5-9)6-7-11/h2-5H,6-7H2,1H3. The summed E-state index contributed by atoms with van der Waals surface area (Å²) in [5.41, 5.74) is 1.15. The van der Waals surface area contributed by atoms with Crippen LogP contribution in [0.5, 0.6) is 0 Å². The molecule has 1 aromatic rings. The third-order valence-electron chi connectivity index (χ3n) is 1.84. The Kier molecular flexibility index (Phi) is 3.42. The summed E-state index contributed by atoms with van der Waals surface area (Å²) in [6.07, 6.45) is 0.871. The molecule has 72 valence electrons. The topological polar surface area (TPSA) is 0 Å². The summed E-state index contributed by atoms with van der Waals surface area (Å²) < 4.78 is 25.5. The first-order valence-electron chi connectivity index (χ1n) is 4.07. The average Bonchev–Trinajstić information content (AvgIpc) is 2.04. The Morgan fingerprint density at radius 2 is 1.77 bits per heavy atom. The van der Waals surface area contributed by atoms with Crippen molar-refractivity contribution in [3.05, 3.63) is 35.4 Å². The molecule has 0 spiro atoms. The fourth-order valence-corrected chi connectivity index (χ4v) is 1.53. The average molecular weight is 249 g/mol. The highest BCUT2D eigenvalue weighted by atomic mass is 79.9. The second kappa shape index (κ2) is 4.18. The SMILES string of the molecule is CC(F)(F)c1ccc(CCBr)cc1. The number of hydrogen-bond donors (Lipinski definition) is 0. The minimum absolute atomic E-state index is 0.0748. The lowest BCUT2D eigenvalue weighted by atomic mass is 10.1. The molecule has 0 aromatic heterocycles. The molecule has 0 nitrogen and oxygen atoms in total. The van der Waals surface area contributed by atoms with Crippen molar-refractivity contribution < 1.29 is 8.78 Å². The van der Waals surface area contributed by atoms with Crippen LogP contribution in [-0.4, -0.2) is 5.33 Å². The van der Waals surface area contributed by atoms with Gasteiger partial charge in [0, 0.05) is 17.8 Å². The van der Waals surface area contributed by atoms with Crippen molar-refractivity contribution in [3.63, 3.8) is 0 Å². The largest absolute Gasteiger partial charge is 0.270 e. The van der Waals surface area contributed by atoms with Crippen molar-refractivity contribution in [2.45, 2.75) is 19.3 Å². The van der Waals surface area contributed by atoms with Gasteiger partial charge in [0.2, 0.25) is 0 Å². The fraction of sp³-hybridized carbons (Fsp3) is 0.400. The molecule has 0 saturated carbocycles. The van der Waals surface area contributed by atoms with Gasteiger partial charge in [0.1, 0.15) is 0 Å². The van der Waals surface area contributed by atoms with Crippen molar-refractivity contribution >= 4 is 15.9 Å². The molecule has 0 heterocycles. The zero-order valence-corrected chi connectivity index (χ0v) is 8.94.